The van der Waals surface area contributed by atoms with Gasteiger partial charge in [0.05, 0.1) is 15.5 Å². The van der Waals surface area contributed by atoms with Gasteiger partial charge in [0, 0.05) is 18.7 Å². The number of carbonyl (C=O) groups is 6. The Morgan fingerprint density at radius 2 is 1.07 bits per heavy atom. The molecule has 0 saturated carbocycles. The van der Waals surface area contributed by atoms with Crippen molar-refractivity contribution in [3.63, 3.8) is 0 Å². The highest BCUT2D eigenvalue weighted by Gasteiger charge is 2.36. The number of aromatic hydroxyl groups is 1. The van der Waals surface area contributed by atoms with Crippen LogP contribution in [-0.2, 0) is 35.3 Å². The van der Waals surface area contributed by atoms with Crippen LogP contribution in [0.4, 0.5) is 17.1 Å². The second-order valence-corrected chi connectivity index (χ2v) is 14.0. The maximum atomic E-state index is 14.2. The van der Waals surface area contributed by atoms with E-state index in [1.807, 2.05) is 16.0 Å². The average Bonchev–Trinajstić information content (AvgIpc) is 3.79. The van der Waals surface area contributed by atoms with E-state index in [2.05, 4.69) is 40.9 Å². The van der Waals surface area contributed by atoms with Crippen molar-refractivity contribution in [2.75, 3.05) is 4.90 Å². The fourth-order valence-corrected chi connectivity index (χ4v) is 5.93. The van der Waals surface area contributed by atoms with Crippen LogP contribution in [0.1, 0.15) is 17.2 Å². The number of aromatic nitrogens is 2. The molecule has 3 aromatic carbocycles. The molecule has 4 aromatic rings. The number of non-ortho nitro benzene ring substituents is 1. The number of benzene rings is 3. The fourth-order valence-electron chi connectivity index (χ4n) is 5.93. The number of nitrogens with one attached hydrogen (secondary N) is 5. The third-order valence-electron chi connectivity index (χ3n) is 8.92. The van der Waals surface area contributed by atoms with E-state index in [-0.39, 0.29) is 22.3 Å². The molecule has 0 aliphatic carbocycles. The van der Waals surface area contributed by atoms with E-state index in [1.165, 1.54) is 36.4 Å². The Hall–Kier alpha value is -10.7. The summed E-state index contributed by atoms with van der Waals surface area (Å²) < 4.78 is 4.72. The highest BCUT2D eigenvalue weighted by Crippen LogP contribution is 2.34. The molecule has 6 atom stereocenters. The molecular weight excluding hydrogens is 951 g/mol. The fraction of sp³-hybridized carbons (Fsp3) is 0.200. The largest absolute Gasteiger partial charge is 0.502 e. The first kappa shape index (κ1) is 52.9. The number of carbonyl (C=O) groups excluding carboxylic acids is 6. The van der Waals surface area contributed by atoms with Crippen LogP contribution in [0.25, 0.3) is 11.0 Å². The third-order valence-corrected chi connectivity index (χ3v) is 8.92. The van der Waals surface area contributed by atoms with Crippen LogP contribution in [0, 0.1) is 20.2 Å². The van der Waals surface area contributed by atoms with E-state index in [9.17, 15) is 59.2 Å². The lowest BCUT2D eigenvalue weighted by molar-refractivity contribution is -0.385. The number of guanidine groups is 4. The molecule has 4 rings (SSSR count). The number of anilines is 1. The van der Waals surface area contributed by atoms with Crippen molar-refractivity contribution in [1.29, 1.82) is 0 Å². The predicted molar refractivity (Wildman–Crippen MR) is 243 cm³/mol. The Balaban J connectivity index is 1.69. The number of nitro benzene ring substituents is 2. The molecule has 1 heterocycles. The Morgan fingerprint density at radius 1 is 0.606 bits per heavy atom. The molecule has 0 spiro atoms. The van der Waals surface area contributed by atoms with Gasteiger partial charge in [-0.25, -0.2) is 24.6 Å². The highest BCUT2D eigenvalue weighted by atomic mass is 16.6. The topological polar surface area (TPSA) is 615 Å². The summed E-state index contributed by atoms with van der Waals surface area (Å²) in [5.41, 5.74) is 46.1. The number of rotatable bonds is 22. The Bertz CT molecular complexity index is 2820. The molecule has 0 aliphatic rings. The van der Waals surface area contributed by atoms with Crippen molar-refractivity contribution >= 4 is 87.4 Å². The lowest BCUT2D eigenvalue weighted by Gasteiger charge is -2.30. The molecule has 376 valence electrons. The number of amides is 6. The number of phenols is 1. The molecule has 25 N–H and O–H groups in total. The lowest BCUT2D eigenvalue weighted by atomic mass is 10.1. The van der Waals surface area contributed by atoms with Crippen LogP contribution < -0.4 is 83.1 Å². The zero-order chi connectivity index (χ0) is 52.9. The molecule has 0 aliphatic heterocycles. The number of hydrogen-bond donors (Lipinski definition) is 16. The van der Waals surface area contributed by atoms with Gasteiger partial charge in [-0.2, -0.15) is 0 Å². The lowest BCUT2D eigenvalue weighted by Crippen LogP contribution is -2.58. The molecule has 6 unspecified atom stereocenters. The molecule has 0 radical (unpaired) electrons. The zero-order valence-corrected chi connectivity index (χ0v) is 36.1. The molecule has 1 aromatic heterocycles. The van der Waals surface area contributed by atoms with Gasteiger partial charge in [-0.1, -0.05) is 36.4 Å². The van der Waals surface area contributed by atoms with Crippen LogP contribution in [0.15, 0.2) is 85.3 Å². The number of fused-ring (bicyclic) bond motifs is 1. The number of primary amides is 1. The van der Waals surface area contributed by atoms with Crippen molar-refractivity contribution in [3.8, 4) is 5.75 Å². The van der Waals surface area contributed by atoms with Crippen molar-refractivity contribution in [3.05, 3.63) is 92.0 Å². The number of nitrogens with two attached hydrogens (primary N) is 9. The Labute approximate surface area is 395 Å². The SMILES string of the molecule is NC(=O)C(N=C(N)N)NC(=O)C(N=C(N)N)NC(=O)C(N=C(N)N)NC(=O)C(N=C(N)N)NC(=O)C(NC(=O)C(O)N(Cc1ccc(O)c([N+](=O)[O-])c1)c1ccc([N+](=O)[O-])c2nonc12)c1ccccc1. The molecular formula is C35H43N23O13. The zero-order valence-electron chi connectivity index (χ0n) is 36.1. The molecule has 6 amide bonds. The number of hydrogen-bond acceptors (Lipinski definition) is 20. The minimum atomic E-state index is -2.42. The number of aliphatic hydroxyl groups excluding tert-OH is 1. The van der Waals surface area contributed by atoms with Crippen molar-refractivity contribution in [2.45, 2.75) is 43.5 Å². The summed E-state index contributed by atoms with van der Waals surface area (Å²) in [4.78, 5) is 117. The summed E-state index contributed by atoms with van der Waals surface area (Å²) in [6, 6.07) is 10.2. The minimum Gasteiger partial charge on any atom is -0.502 e. The number of aliphatic hydroxyl groups is 1. The first-order valence-electron chi connectivity index (χ1n) is 19.4. The monoisotopic (exact) mass is 993 g/mol. The van der Waals surface area contributed by atoms with Crippen molar-refractivity contribution in [2.24, 2.45) is 71.6 Å². The van der Waals surface area contributed by atoms with E-state index >= 15 is 0 Å². The first-order chi connectivity index (χ1) is 33.4. The summed E-state index contributed by atoms with van der Waals surface area (Å²) in [6.07, 6.45) is -10.9. The first-order valence-corrected chi connectivity index (χ1v) is 19.4. The van der Waals surface area contributed by atoms with Gasteiger partial charge in [-0.3, -0.25) is 49.0 Å². The molecule has 36 heteroatoms. The van der Waals surface area contributed by atoms with Crippen molar-refractivity contribution < 1.29 is 53.5 Å². The number of aliphatic imine (C=N–C) groups is 4. The molecule has 36 nitrogen and oxygen atoms in total. The predicted octanol–water partition coefficient (Wildman–Crippen LogP) is -7.72. The average molecular weight is 994 g/mol. The summed E-state index contributed by atoms with van der Waals surface area (Å²) in [6.45, 7) is -0.627. The molecule has 0 saturated heterocycles. The Morgan fingerprint density at radius 3 is 1.55 bits per heavy atom. The standard InChI is InChI=1S/C35H43N23O13/c36-21(60)22(50-32(37)38)46-27(62)24(52-34(41)42)48-29(64)25(53-35(43)44)49-28(63)23(51-33(39)40)47-26(61)18(13-4-2-1-3-5-13)45-30(65)31(66)56(11-12-6-9-17(59)16(10-12)58(69)70)14-7-8-15(57(67)68)20-19(14)54-71-55-20/h1-10,18,22-25,31,59,66H,11H2,(H2,36,60)(H,45,65)(H,46,62)(H,47,61)(H,48,64)(H,49,63)(H4,37,38,50)(H4,39,40,51)(H4,41,42,52)(H4,43,44,53). The van der Waals surface area contributed by atoms with Crippen LogP contribution in [0.3, 0.4) is 0 Å². The van der Waals surface area contributed by atoms with Gasteiger partial charge in [-0.05, 0) is 33.6 Å². The van der Waals surface area contributed by atoms with Crippen LogP contribution in [0.2, 0.25) is 0 Å². The van der Waals surface area contributed by atoms with Gasteiger partial charge in [0.15, 0.2) is 35.1 Å². The van der Waals surface area contributed by atoms with Gasteiger partial charge >= 0.3 is 11.4 Å². The summed E-state index contributed by atoms with van der Waals surface area (Å²) in [5, 5.41) is 62.9. The smallest absolute Gasteiger partial charge is 0.311 e. The van der Waals surface area contributed by atoms with E-state index in [0.717, 1.165) is 29.2 Å². The molecule has 71 heavy (non-hydrogen) atoms. The van der Waals surface area contributed by atoms with Gasteiger partial charge in [-0.15, -0.1) is 0 Å². The quantitative estimate of drug-likeness (QED) is 0.0114. The van der Waals surface area contributed by atoms with Gasteiger partial charge < -0.3 is 93.3 Å². The second kappa shape index (κ2) is 23.2. The summed E-state index contributed by atoms with van der Waals surface area (Å²) in [5.74, 6) is -12.2. The maximum Gasteiger partial charge on any atom is 0.311 e. The number of nitrogens with zero attached hydrogens (tertiary/aromatic N) is 9. The van der Waals surface area contributed by atoms with Crippen molar-refractivity contribution in [1.82, 2.24) is 36.9 Å². The number of nitro groups is 2. The Kier molecular flexibility index (Phi) is 17.3. The van der Waals surface area contributed by atoms with Crippen LogP contribution >= 0.6 is 0 Å². The second-order valence-electron chi connectivity index (χ2n) is 14.0. The van der Waals surface area contributed by atoms with Gasteiger partial charge in [0.25, 0.3) is 29.5 Å². The normalized spacial score (nSPS) is 13.1. The highest BCUT2D eigenvalue weighted by molar-refractivity contribution is 6.00. The molecule has 0 bridgehead atoms. The van der Waals surface area contributed by atoms with Crippen LogP contribution in [-0.4, -0.2) is 121 Å². The van der Waals surface area contributed by atoms with E-state index < -0.39 is 135 Å². The summed E-state index contributed by atoms with van der Waals surface area (Å²) in [7, 11) is 0. The third kappa shape index (κ3) is 14.2. The van der Waals surface area contributed by atoms with Crippen LogP contribution in [0.5, 0.6) is 5.75 Å². The van der Waals surface area contributed by atoms with Gasteiger partial charge in [0.2, 0.25) is 42.3 Å². The number of phenolic OH excluding ortho intramolecular Hbond substituents is 1. The van der Waals surface area contributed by atoms with E-state index in [1.54, 1.807) is 0 Å². The minimum absolute atomic E-state index is 0.0185. The summed E-state index contributed by atoms with van der Waals surface area (Å²) >= 11 is 0. The van der Waals surface area contributed by atoms with Gasteiger partial charge in [0.1, 0.15) is 6.04 Å². The van der Waals surface area contributed by atoms with E-state index in [4.69, 9.17) is 56.2 Å². The van der Waals surface area contributed by atoms with E-state index in [0.29, 0.717) is 0 Å². The maximum absolute atomic E-state index is 14.2. The molecule has 0 fully saturated rings.